The number of hydrogen-bond donors (Lipinski definition) is 6. The molecule has 0 fully saturated rings. The van der Waals surface area contributed by atoms with Crippen LogP contribution in [0.2, 0.25) is 0 Å². The van der Waals surface area contributed by atoms with E-state index in [9.17, 15) is 5.11 Å². The van der Waals surface area contributed by atoms with Crippen LogP contribution < -0.4 is 16.8 Å². The predicted molar refractivity (Wildman–Crippen MR) is 53.6 cm³/mol. The van der Waals surface area contributed by atoms with Crippen molar-refractivity contribution in [3.63, 3.8) is 0 Å². The molecule has 14 heavy (non-hydrogen) atoms. The third-order valence-electron chi connectivity index (χ3n) is 1.99. The maximum absolute atomic E-state index is 9.43. The van der Waals surface area contributed by atoms with E-state index in [1.54, 1.807) is 0 Å². The Bertz CT molecular complexity index is 137. The van der Waals surface area contributed by atoms with Crippen LogP contribution in [-0.2, 0) is 0 Å². The third kappa shape index (κ3) is 5.48. The van der Waals surface area contributed by atoms with E-state index < -0.39 is 24.9 Å². The molecule has 0 aliphatic rings. The van der Waals surface area contributed by atoms with E-state index in [1.807, 2.05) is 0 Å². The molecule has 0 aliphatic heterocycles. The summed E-state index contributed by atoms with van der Waals surface area (Å²) >= 11 is 0. The molecule has 3 atom stereocenters. The van der Waals surface area contributed by atoms with Crippen LogP contribution in [0.4, 0.5) is 0 Å². The van der Waals surface area contributed by atoms with Crippen molar-refractivity contribution in [2.75, 3.05) is 26.2 Å². The van der Waals surface area contributed by atoms with E-state index in [-0.39, 0.29) is 6.54 Å². The predicted octanol–water partition coefficient (Wildman–Crippen LogP) is -3.03. The van der Waals surface area contributed by atoms with Gasteiger partial charge in [-0.3, -0.25) is 0 Å². The smallest absolute Gasteiger partial charge is 0.0947 e. The maximum atomic E-state index is 9.43. The highest BCUT2D eigenvalue weighted by Gasteiger charge is 2.21. The molecule has 0 amide bonds. The lowest BCUT2D eigenvalue weighted by atomic mass is 10.1. The van der Waals surface area contributed by atoms with Gasteiger partial charge in [0.1, 0.15) is 0 Å². The highest BCUT2D eigenvalue weighted by molar-refractivity contribution is 4.80. The van der Waals surface area contributed by atoms with Crippen LogP contribution in [0.25, 0.3) is 0 Å². The molecule has 0 aromatic carbocycles. The lowest BCUT2D eigenvalue weighted by Gasteiger charge is -2.22. The molecule has 0 saturated heterocycles. The first-order valence-corrected chi connectivity index (χ1v) is 4.76. The Balaban J connectivity index is 3.56. The van der Waals surface area contributed by atoms with Crippen molar-refractivity contribution in [1.82, 2.24) is 5.32 Å². The molecule has 3 unspecified atom stereocenters. The van der Waals surface area contributed by atoms with Crippen molar-refractivity contribution >= 4 is 0 Å². The van der Waals surface area contributed by atoms with Crippen LogP contribution in [0.5, 0.6) is 0 Å². The molecule has 0 saturated carbocycles. The molecule has 0 radical (unpaired) electrons. The highest BCUT2D eigenvalue weighted by Crippen LogP contribution is 1.95. The van der Waals surface area contributed by atoms with Gasteiger partial charge in [-0.2, -0.15) is 0 Å². The number of hydrogen-bond acceptors (Lipinski definition) is 6. The van der Waals surface area contributed by atoms with Gasteiger partial charge in [0, 0.05) is 6.54 Å². The molecule has 0 aromatic heterocycles. The van der Waals surface area contributed by atoms with Crippen LogP contribution in [0.15, 0.2) is 0 Å². The molecular weight excluding hydrogens is 186 g/mol. The Morgan fingerprint density at radius 1 is 1.21 bits per heavy atom. The van der Waals surface area contributed by atoms with Crippen molar-refractivity contribution in [3.05, 3.63) is 0 Å². The lowest BCUT2D eigenvalue weighted by molar-refractivity contribution is 0.0217. The van der Waals surface area contributed by atoms with E-state index in [4.69, 9.17) is 21.7 Å². The zero-order valence-electron chi connectivity index (χ0n) is 8.26. The summed E-state index contributed by atoms with van der Waals surface area (Å²) in [7, 11) is 0. The van der Waals surface area contributed by atoms with Gasteiger partial charge in [0.15, 0.2) is 0 Å². The second-order valence-corrected chi connectivity index (χ2v) is 3.24. The maximum Gasteiger partial charge on any atom is 0.0947 e. The number of nitrogens with one attached hydrogen (secondary N) is 1. The fourth-order valence-electron chi connectivity index (χ4n) is 0.991. The topological polar surface area (TPSA) is 125 Å². The van der Waals surface area contributed by atoms with E-state index >= 15 is 0 Å². The summed E-state index contributed by atoms with van der Waals surface area (Å²) in [5.41, 5.74) is 10.7. The minimum atomic E-state index is -1.08. The summed E-state index contributed by atoms with van der Waals surface area (Å²) in [6, 6.07) is -0.828. The minimum Gasteiger partial charge on any atom is -0.394 e. The Hall–Kier alpha value is -0.240. The first-order chi connectivity index (χ1) is 6.63. The fourth-order valence-corrected chi connectivity index (χ4v) is 0.991. The Kier molecular flexibility index (Phi) is 7.96. The van der Waals surface area contributed by atoms with Crippen LogP contribution in [0, 0.1) is 0 Å². The first-order valence-electron chi connectivity index (χ1n) is 4.76. The third-order valence-corrected chi connectivity index (χ3v) is 1.99. The van der Waals surface area contributed by atoms with Gasteiger partial charge >= 0.3 is 0 Å². The summed E-state index contributed by atoms with van der Waals surface area (Å²) in [4.78, 5) is 0. The average Bonchev–Trinajstić information content (AvgIpc) is 2.21. The fraction of sp³-hybridized carbons (Fsp3) is 1.00. The Labute approximate surface area is 83.9 Å². The van der Waals surface area contributed by atoms with Gasteiger partial charge in [0.25, 0.3) is 0 Å². The minimum absolute atomic E-state index is 0.290. The van der Waals surface area contributed by atoms with Gasteiger partial charge in [-0.25, -0.2) is 0 Å². The molecule has 86 valence electrons. The molecule has 8 N–H and O–H groups in total. The number of rotatable bonds is 8. The van der Waals surface area contributed by atoms with Gasteiger partial charge in [-0.15, -0.1) is 0 Å². The van der Waals surface area contributed by atoms with Crippen molar-refractivity contribution in [3.8, 4) is 0 Å². The van der Waals surface area contributed by atoms with Crippen LogP contribution in [-0.4, -0.2) is 59.8 Å². The van der Waals surface area contributed by atoms with E-state index in [0.717, 1.165) is 6.42 Å². The van der Waals surface area contributed by atoms with Crippen molar-refractivity contribution in [2.24, 2.45) is 11.5 Å². The highest BCUT2D eigenvalue weighted by atomic mass is 16.3. The number of aliphatic hydroxyl groups excluding tert-OH is 3. The number of aliphatic hydroxyl groups is 3. The molecule has 6 nitrogen and oxygen atoms in total. The quantitative estimate of drug-likeness (QED) is 0.235. The van der Waals surface area contributed by atoms with Crippen LogP contribution in [0.3, 0.4) is 0 Å². The standard InChI is InChI=1S/C8H21N3O3/c9-2-1-3-11-4-6(13)8(10)7(14)5-12/h6-8,11-14H,1-5,9-10H2. The molecule has 0 heterocycles. The molecule has 0 aromatic rings. The van der Waals surface area contributed by atoms with Gasteiger partial charge in [0.05, 0.1) is 24.9 Å². The van der Waals surface area contributed by atoms with Crippen molar-refractivity contribution in [2.45, 2.75) is 24.7 Å². The van der Waals surface area contributed by atoms with Crippen LogP contribution >= 0.6 is 0 Å². The Morgan fingerprint density at radius 2 is 1.86 bits per heavy atom. The van der Waals surface area contributed by atoms with E-state index in [1.165, 1.54) is 0 Å². The SMILES string of the molecule is NCCCNCC(O)C(N)C(O)CO. The molecule has 6 heteroatoms. The van der Waals surface area contributed by atoms with Gasteiger partial charge in [-0.1, -0.05) is 0 Å². The summed E-state index contributed by atoms with van der Waals surface area (Å²) in [5.74, 6) is 0. The van der Waals surface area contributed by atoms with Gasteiger partial charge < -0.3 is 32.1 Å². The summed E-state index contributed by atoms with van der Waals surface area (Å²) in [6.07, 6.45) is -1.12. The molecular formula is C8H21N3O3. The van der Waals surface area contributed by atoms with Gasteiger partial charge in [0.2, 0.25) is 0 Å². The van der Waals surface area contributed by atoms with E-state index in [0.29, 0.717) is 13.1 Å². The Morgan fingerprint density at radius 3 is 2.36 bits per heavy atom. The van der Waals surface area contributed by atoms with Crippen molar-refractivity contribution < 1.29 is 15.3 Å². The molecule has 0 rings (SSSR count). The zero-order chi connectivity index (χ0) is 11.0. The molecule has 0 spiro atoms. The van der Waals surface area contributed by atoms with E-state index in [2.05, 4.69) is 5.32 Å². The van der Waals surface area contributed by atoms with Gasteiger partial charge in [-0.05, 0) is 19.5 Å². The first kappa shape index (κ1) is 13.8. The normalized spacial score (nSPS) is 17.8. The monoisotopic (exact) mass is 207 g/mol. The summed E-state index contributed by atoms with van der Waals surface area (Å²) < 4.78 is 0. The molecule has 0 bridgehead atoms. The lowest BCUT2D eigenvalue weighted by Crippen LogP contribution is -2.50. The second kappa shape index (κ2) is 8.10. The number of nitrogens with two attached hydrogens (primary N) is 2. The zero-order valence-corrected chi connectivity index (χ0v) is 8.26. The molecule has 0 aliphatic carbocycles. The summed E-state index contributed by atoms with van der Waals surface area (Å²) in [5, 5.41) is 30.1. The van der Waals surface area contributed by atoms with Crippen LogP contribution in [0.1, 0.15) is 6.42 Å². The largest absolute Gasteiger partial charge is 0.394 e. The summed E-state index contributed by atoms with van der Waals surface area (Å²) in [6.45, 7) is 1.14. The van der Waals surface area contributed by atoms with Crippen molar-refractivity contribution in [1.29, 1.82) is 0 Å². The second-order valence-electron chi connectivity index (χ2n) is 3.24. The average molecular weight is 207 g/mol.